The monoisotopic (exact) mass is 282 g/mol. The van der Waals surface area contributed by atoms with Crippen LogP contribution in [-0.4, -0.2) is 20.5 Å². The summed E-state index contributed by atoms with van der Waals surface area (Å²) in [5.41, 5.74) is 0.817. The van der Waals surface area contributed by atoms with E-state index in [1.165, 1.54) is 0 Å². The Hall–Kier alpha value is -0.910. The molecule has 106 valence electrons. The summed E-state index contributed by atoms with van der Waals surface area (Å²) in [7, 11) is -3.40. The first-order valence-corrected chi connectivity index (χ1v) is 8.22. The average molecular weight is 282 g/mol. The minimum Gasteiger partial charge on any atom is -0.310 e. The highest BCUT2D eigenvalue weighted by molar-refractivity contribution is 7.89. The summed E-state index contributed by atoms with van der Waals surface area (Å²) >= 11 is 0. The van der Waals surface area contributed by atoms with Crippen LogP contribution in [0.4, 0.5) is 0 Å². The van der Waals surface area contributed by atoms with E-state index in [9.17, 15) is 8.42 Å². The van der Waals surface area contributed by atoms with Crippen LogP contribution in [0.25, 0.3) is 0 Å². The molecule has 2 rings (SSSR count). The number of benzene rings is 1. The first-order valence-electron chi connectivity index (χ1n) is 6.74. The zero-order valence-electron chi connectivity index (χ0n) is 11.7. The summed E-state index contributed by atoms with van der Waals surface area (Å²) in [6.45, 7) is 6.71. The molecule has 0 aromatic heterocycles. The van der Waals surface area contributed by atoms with Crippen molar-refractivity contribution < 1.29 is 8.42 Å². The molecule has 1 saturated carbocycles. The van der Waals surface area contributed by atoms with Crippen LogP contribution < -0.4 is 10.0 Å². The normalized spacial score (nSPS) is 22.7. The van der Waals surface area contributed by atoms with Crippen molar-refractivity contribution in [2.24, 2.45) is 5.92 Å². The fraction of sp³-hybridized carbons (Fsp3) is 0.571. The first kappa shape index (κ1) is 14.5. The number of sulfonamides is 1. The molecule has 4 nitrogen and oxygen atoms in total. The molecule has 2 N–H and O–H groups in total. The lowest BCUT2D eigenvalue weighted by molar-refractivity contribution is 0.566. The maximum Gasteiger partial charge on any atom is 0.241 e. The SMILES string of the molecule is CC(C)NCc1ccccc1S(=O)(=O)NC1CC1C. The fourth-order valence-corrected chi connectivity index (χ4v) is 3.57. The zero-order valence-corrected chi connectivity index (χ0v) is 12.5. The first-order chi connectivity index (χ1) is 8.90. The van der Waals surface area contributed by atoms with Gasteiger partial charge >= 0.3 is 0 Å². The zero-order chi connectivity index (χ0) is 14.0. The highest BCUT2D eigenvalue weighted by atomic mass is 32.2. The topological polar surface area (TPSA) is 58.2 Å². The summed E-state index contributed by atoms with van der Waals surface area (Å²) in [5, 5.41) is 3.26. The van der Waals surface area contributed by atoms with Crippen molar-refractivity contribution in [3.8, 4) is 0 Å². The Morgan fingerprint density at radius 3 is 2.53 bits per heavy atom. The molecule has 0 spiro atoms. The molecule has 0 bridgehead atoms. The molecule has 2 unspecified atom stereocenters. The smallest absolute Gasteiger partial charge is 0.241 e. The predicted octanol–water partition coefficient (Wildman–Crippen LogP) is 1.87. The lowest BCUT2D eigenvalue weighted by Crippen LogP contribution is -2.29. The van der Waals surface area contributed by atoms with Gasteiger partial charge in [0.25, 0.3) is 0 Å². The molecule has 1 aromatic carbocycles. The third-order valence-electron chi connectivity index (χ3n) is 3.38. The van der Waals surface area contributed by atoms with E-state index in [2.05, 4.69) is 17.0 Å². The van der Waals surface area contributed by atoms with Gasteiger partial charge < -0.3 is 5.32 Å². The van der Waals surface area contributed by atoms with Crippen molar-refractivity contribution in [3.63, 3.8) is 0 Å². The van der Waals surface area contributed by atoms with Crippen molar-refractivity contribution in [3.05, 3.63) is 29.8 Å². The fourth-order valence-electron chi connectivity index (χ4n) is 1.98. The second kappa shape index (κ2) is 5.61. The van der Waals surface area contributed by atoms with Crippen LogP contribution in [0.3, 0.4) is 0 Å². The maximum atomic E-state index is 12.4. The van der Waals surface area contributed by atoms with E-state index in [4.69, 9.17) is 0 Å². The van der Waals surface area contributed by atoms with E-state index in [0.717, 1.165) is 12.0 Å². The van der Waals surface area contributed by atoms with Crippen LogP contribution in [0.2, 0.25) is 0 Å². The predicted molar refractivity (Wildman–Crippen MR) is 76.3 cm³/mol. The average Bonchev–Trinajstić information content (AvgIpc) is 3.01. The lowest BCUT2D eigenvalue weighted by Gasteiger charge is -2.13. The molecule has 1 fully saturated rings. The molecule has 1 aromatic rings. The van der Waals surface area contributed by atoms with Gasteiger partial charge in [0.1, 0.15) is 0 Å². The molecule has 2 atom stereocenters. The van der Waals surface area contributed by atoms with Crippen molar-refractivity contribution >= 4 is 10.0 Å². The van der Waals surface area contributed by atoms with Crippen molar-refractivity contribution in [2.75, 3.05) is 0 Å². The Labute approximate surface area is 115 Å². The van der Waals surface area contributed by atoms with Gasteiger partial charge in [-0.3, -0.25) is 0 Å². The highest BCUT2D eigenvalue weighted by Crippen LogP contribution is 2.31. The second-order valence-corrected chi connectivity index (χ2v) is 7.27. The summed E-state index contributed by atoms with van der Waals surface area (Å²) in [4.78, 5) is 0.391. The molecule has 0 radical (unpaired) electrons. The van der Waals surface area contributed by atoms with Gasteiger partial charge in [-0.05, 0) is 24.0 Å². The van der Waals surface area contributed by atoms with Gasteiger partial charge in [-0.2, -0.15) is 0 Å². The summed E-state index contributed by atoms with van der Waals surface area (Å²) < 4.78 is 27.5. The number of hydrogen-bond donors (Lipinski definition) is 2. The summed E-state index contributed by atoms with van der Waals surface area (Å²) in [5.74, 6) is 0.454. The van der Waals surface area contributed by atoms with E-state index in [1.54, 1.807) is 12.1 Å². The van der Waals surface area contributed by atoms with Crippen molar-refractivity contribution in [1.82, 2.24) is 10.0 Å². The maximum absolute atomic E-state index is 12.4. The molecule has 1 aliphatic carbocycles. The lowest BCUT2D eigenvalue weighted by atomic mass is 10.2. The largest absolute Gasteiger partial charge is 0.310 e. The van der Waals surface area contributed by atoms with Crippen LogP contribution in [-0.2, 0) is 16.6 Å². The van der Waals surface area contributed by atoms with E-state index >= 15 is 0 Å². The molecule has 0 aliphatic heterocycles. The quantitative estimate of drug-likeness (QED) is 0.837. The van der Waals surface area contributed by atoms with E-state index in [1.807, 2.05) is 26.0 Å². The van der Waals surface area contributed by atoms with Crippen molar-refractivity contribution in [1.29, 1.82) is 0 Å². The molecular formula is C14H22N2O2S. The van der Waals surface area contributed by atoms with Gasteiger partial charge in [0.2, 0.25) is 10.0 Å². The Balaban J connectivity index is 2.18. The molecule has 0 amide bonds. The van der Waals surface area contributed by atoms with Gasteiger partial charge in [-0.15, -0.1) is 0 Å². The van der Waals surface area contributed by atoms with Crippen LogP contribution >= 0.6 is 0 Å². The number of rotatable bonds is 6. The van der Waals surface area contributed by atoms with Crippen LogP contribution in [0, 0.1) is 5.92 Å². The van der Waals surface area contributed by atoms with Crippen LogP contribution in [0.5, 0.6) is 0 Å². The standard InChI is InChI=1S/C14H22N2O2S/c1-10(2)15-9-12-6-4-5-7-14(12)19(17,18)16-13-8-11(13)3/h4-7,10-11,13,15-16H,8-9H2,1-3H3. The Kier molecular flexibility index (Phi) is 4.28. The van der Waals surface area contributed by atoms with Gasteiger partial charge in [0.15, 0.2) is 0 Å². The third kappa shape index (κ3) is 3.78. The molecule has 1 aliphatic rings. The van der Waals surface area contributed by atoms with Crippen LogP contribution in [0.1, 0.15) is 32.8 Å². The van der Waals surface area contributed by atoms with Crippen LogP contribution in [0.15, 0.2) is 29.2 Å². The molecule has 0 heterocycles. The van der Waals surface area contributed by atoms with Gasteiger partial charge in [0, 0.05) is 18.6 Å². The summed E-state index contributed by atoms with van der Waals surface area (Å²) in [6, 6.07) is 7.61. The highest BCUT2D eigenvalue weighted by Gasteiger charge is 2.36. The number of nitrogens with one attached hydrogen (secondary N) is 2. The molecule has 0 saturated heterocycles. The Morgan fingerprint density at radius 2 is 1.95 bits per heavy atom. The van der Waals surface area contributed by atoms with Gasteiger partial charge in [-0.25, -0.2) is 13.1 Å². The summed E-state index contributed by atoms with van der Waals surface area (Å²) in [6.07, 6.45) is 0.936. The molecule has 19 heavy (non-hydrogen) atoms. The minimum atomic E-state index is -3.40. The molecule has 5 heteroatoms. The minimum absolute atomic E-state index is 0.108. The van der Waals surface area contributed by atoms with Gasteiger partial charge in [0.05, 0.1) is 4.90 Å². The van der Waals surface area contributed by atoms with E-state index < -0.39 is 10.0 Å². The second-order valence-electron chi connectivity index (χ2n) is 5.58. The van der Waals surface area contributed by atoms with E-state index in [0.29, 0.717) is 23.4 Å². The van der Waals surface area contributed by atoms with Crippen molar-refractivity contribution in [2.45, 2.75) is 50.7 Å². The number of hydrogen-bond acceptors (Lipinski definition) is 3. The Morgan fingerprint density at radius 1 is 1.32 bits per heavy atom. The van der Waals surface area contributed by atoms with E-state index in [-0.39, 0.29) is 6.04 Å². The molecular weight excluding hydrogens is 260 g/mol. The third-order valence-corrected chi connectivity index (χ3v) is 4.97. The van der Waals surface area contributed by atoms with Gasteiger partial charge in [-0.1, -0.05) is 39.0 Å². The Bertz CT molecular complexity index is 540.